The monoisotopic (exact) mass is 350 g/mol. The zero-order valence-electron chi connectivity index (χ0n) is 13.7. The van der Waals surface area contributed by atoms with Crippen molar-refractivity contribution < 1.29 is 14.3 Å². The predicted octanol–water partition coefficient (Wildman–Crippen LogP) is 2.31. The lowest BCUT2D eigenvalue weighted by molar-refractivity contribution is -0.119. The number of rotatable bonds is 9. The number of hydrogen-bond acceptors (Lipinski definition) is 4. The van der Waals surface area contributed by atoms with Crippen molar-refractivity contribution in [2.75, 3.05) is 20.3 Å². The van der Waals surface area contributed by atoms with Crippen molar-refractivity contribution in [3.05, 3.63) is 59.7 Å². The molecule has 0 heterocycles. The van der Waals surface area contributed by atoms with Gasteiger partial charge in [-0.15, -0.1) is 12.4 Å². The maximum absolute atomic E-state index is 10.8. The highest BCUT2D eigenvalue weighted by molar-refractivity contribution is 5.85. The van der Waals surface area contributed by atoms with Crippen molar-refractivity contribution in [2.45, 2.75) is 13.0 Å². The summed E-state index contributed by atoms with van der Waals surface area (Å²) in [6.45, 7) is 1.43. The third-order valence-corrected chi connectivity index (χ3v) is 3.36. The topological polar surface area (TPSA) is 73.6 Å². The van der Waals surface area contributed by atoms with Gasteiger partial charge in [0.15, 0.2) is 18.1 Å². The van der Waals surface area contributed by atoms with Crippen LogP contribution in [-0.4, -0.2) is 26.2 Å². The molecule has 130 valence electrons. The van der Waals surface area contributed by atoms with Gasteiger partial charge in [-0.05, 0) is 36.2 Å². The molecule has 0 aliphatic rings. The average Bonchev–Trinajstić information content (AvgIpc) is 2.58. The summed E-state index contributed by atoms with van der Waals surface area (Å²) in [5.41, 5.74) is 7.47. The molecule has 0 aliphatic carbocycles. The molecule has 2 rings (SSSR count). The first-order chi connectivity index (χ1) is 11.2. The van der Waals surface area contributed by atoms with Gasteiger partial charge in [-0.3, -0.25) is 4.79 Å². The number of hydrogen-bond donors (Lipinski definition) is 2. The summed E-state index contributed by atoms with van der Waals surface area (Å²) in [5.74, 6) is 0.589. The molecule has 0 fully saturated rings. The number of nitrogens with two attached hydrogens (primary N) is 1. The molecule has 0 saturated carbocycles. The minimum Gasteiger partial charge on any atom is -0.493 e. The van der Waals surface area contributed by atoms with E-state index in [2.05, 4.69) is 17.4 Å². The molecule has 0 aliphatic heterocycles. The van der Waals surface area contributed by atoms with Crippen molar-refractivity contribution in [1.29, 1.82) is 0 Å². The summed E-state index contributed by atoms with van der Waals surface area (Å²) < 4.78 is 10.6. The summed E-state index contributed by atoms with van der Waals surface area (Å²) in [4.78, 5) is 10.8. The van der Waals surface area contributed by atoms with E-state index in [9.17, 15) is 4.79 Å². The number of amides is 1. The Morgan fingerprint density at radius 3 is 2.50 bits per heavy atom. The Balaban J connectivity index is 0.00000288. The molecule has 0 aromatic heterocycles. The minimum atomic E-state index is -0.515. The van der Waals surface area contributed by atoms with Gasteiger partial charge in [-0.25, -0.2) is 0 Å². The molecule has 0 radical (unpaired) electrons. The fraction of sp³-hybridized carbons (Fsp3) is 0.278. The van der Waals surface area contributed by atoms with Crippen LogP contribution in [0.15, 0.2) is 48.5 Å². The average molecular weight is 351 g/mol. The number of nitrogens with one attached hydrogen (secondary N) is 1. The molecule has 2 aromatic rings. The number of ether oxygens (including phenoxy) is 2. The Morgan fingerprint density at radius 2 is 1.83 bits per heavy atom. The maximum Gasteiger partial charge on any atom is 0.255 e. The summed E-state index contributed by atoms with van der Waals surface area (Å²) in [7, 11) is 1.56. The third kappa shape index (κ3) is 6.48. The number of halogens is 1. The number of carbonyl (C=O) groups is 1. The molecule has 0 spiro atoms. The zero-order valence-corrected chi connectivity index (χ0v) is 14.5. The van der Waals surface area contributed by atoms with Crippen molar-refractivity contribution in [3.8, 4) is 11.5 Å². The van der Waals surface area contributed by atoms with Crippen molar-refractivity contribution in [1.82, 2.24) is 5.32 Å². The standard InChI is InChI=1S/C18H22N2O3.ClH/c1-22-16-8-7-15(11-17(16)23-13-18(19)21)12-20-10-9-14-5-3-2-4-6-14;/h2-8,11,20H,9-10,12-13H2,1H3,(H2,19,21);1H. The van der Waals surface area contributed by atoms with E-state index >= 15 is 0 Å². The van der Waals surface area contributed by atoms with E-state index in [1.165, 1.54) is 5.56 Å². The van der Waals surface area contributed by atoms with Crippen LogP contribution in [0.4, 0.5) is 0 Å². The summed E-state index contributed by atoms with van der Waals surface area (Å²) >= 11 is 0. The van der Waals surface area contributed by atoms with Crippen LogP contribution in [0, 0.1) is 0 Å². The van der Waals surface area contributed by atoms with E-state index in [0.29, 0.717) is 18.0 Å². The predicted molar refractivity (Wildman–Crippen MR) is 96.8 cm³/mol. The largest absolute Gasteiger partial charge is 0.493 e. The Labute approximate surface area is 148 Å². The Morgan fingerprint density at radius 1 is 1.08 bits per heavy atom. The van der Waals surface area contributed by atoms with Crippen molar-refractivity contribution in [3.63, 3.8) is 0 Å². The first-order valence-corrected chi connectivity index (χ1v) is 7.51. The highest BCUT2D eigenvalue weighted by atomic mass is 35.5. The molecule has 3 N–H and O–H groups in total. The SMILES string of the molecule is COc1ccc(CNCCc2ccccc2)cc1OCC(N)=O.Cl. The van der Waals surface area contributed by atoms with Gasteiger partial charge in [-0.1, -0.05) is 36.4 Å². The quantitative estimate of drug-likeness (QED) is 0.681. The molecule has 0 atom stereocenters. The van der Waals surface area contributed by atoms with Crippen LogP contribution in [-0.2, 0) is 17.8 Å². The smallest absolute Gasteiger partial charge is 0.255 e. The van der Waals surface area contributed by atoms with E-state index in [1.54, 1.807) is 7.11 Å². The van der Waals surface area contributed by atoms with Gasteiger partial charge < -0.3 is 20.5 Å². The molecule has 6 heteroatoms. The second-order valence-electron chi connectivity index (χ2n) is 5.15. The Bertz CT molecular complexity index is 635. The molecule has 5 nitrogen and oxygen atoms in total. The van der Waals surface area contributed by atoms with Crippen LogP contribution in [0.25, 0.3) is 0 Å². The van der Waals surface area contributed by atoms with E-state index < -0.39 is 5.91 Å². The van der Waals surface area contributed by atoms with E-state index in [4.69, 9.17) is 15.2 Å². The lowest BCUT2D eigenvalue weighted by atomic mass is 10.1. The van der Waals surface area contributed by atoms with Gasteiger partial charge in [0, 0.05) is 6.54 Å². The second-order valence-corrected chi connectivity index (χ2v) is 5.15. The first kappa shape index (κ1) is 19.8. The minimum absolute atomic E-state index is 0. The third-order valence-electron chi connectivity index (χ3n) is 3.36. The van der Waals surface area contributed by atoms with Crippen molar-refractivity contribution >= 4 is 18.3 Å². The summed E-state index contributed by atoms with van der Waals surface area (Å²) in [6.07, 6.45) is 0.974. The molecule has 0 unspecified atom stereocenters. The number of methoxy groups -OCH3 is 1. The lowest BCUT2D eigenvalue weighted by Crippen LogP contribution is -2.20. The highest BCUT2D eigenvalue weighted by Gasteiger charge is 2.07. The van der Waals surface area contributed by atoms with Crippen LogP contribution in [0.5, 0.6) is 11.5 Å². The number of benzene rings is 2. The molecular formula is C18H23ClN2O3. The van der Waals surface area contributed by atoms with E-state index in [-0.39, 0.29) is 19.0 Å². The Kier molecular flexibility index (Phi) is 8.68. The zero-order chi connectivity index (χ0) is 16.5. The van der Waals surface area contributed by atoms with Gasteiger partial charge >= 0.3 is 0 Å². The number of carbonyl (C=O) groups excluding carboxylic acids is 1. The van der Waals surface area contributed by atoms with Gasteiger partial charge in [0.25, 0.3) is 5.91 Å². The van der Waals surface area contributed by atoms with E-state index in [0.717, 1.165) is 18.5 Å². The first-order valence-electron chi connectivity index (χ1n) is 7.51. The maximum atomic E-state index is 10.8. The van der Waals surface area contributed by atoms with Gasteiger partial charge in [0.2, 0.25) is 0 Å². The van der Waals surface area contributed by atoms with Crippen LogP contribution >= 0.6 is 12.4 Å². The lowest BCUT2D eigenvalue weighted by Gasteiger charge is -2.12. The van der Waals surface area contributed by atoms with Gasteiger partial charge in [0.1, 0.15) is 0 Å². The summed E-state index contributed by atoms with van der Waals surface area (Å²) in [6, 6.07) is 16.0. The fourth-order valence-electron chi connectivity index (χ4n) is 2.20. The van der Waals surface area contributed by atoms with Crippen molar-refractivity contribution in [2.24, 2.45) is 5.73 Å². The molecule has 2 aromatic carbocycles. The van der Waals surface area contributed by atoms with Crippen LogP contribution < -0.4 is 20.5 Å². The molecule has 24 heavy (non-hydrogen) atoms. The normalized spacial score (nSPS) is 9.88. The second kappa shape index (κ2) is 10.5. The van der Waals surface area contributed by atoms with E-state index in [1.807, 2.05) is 36.4 Å². The van der Waals surface area contributed by atoms with Crippen LogP contribution in [0.1, 0.15) is 11.1 Å². The number of primary amides is 1. The van der Waals surface area contributed by atoms with Gasteiger partial charge in [0.05, 0.1) is 7.11 Å². The highest BCUT2D eigenvalue weighted by Crippen LogP contribution is 2.27. The molecule has 1 amide bonds. The molecule has 0 bridgehead atoms. The summed E-state index contributed by atoms with van der Waals surface area (Å²) in [5, 5.41) is 3.39. The van der Waals surface area contributed by atoms with Gasteiger partial charge in [-0.2, -0.15) is 0 Å². The Hall–Kier alpha value is -2.24. The van der Waals surface area contributed by atoms with Crippen LogP contribution in [0.3, 0.4) is 0 Å². The molecule has 0 saturated heterocycles. The fourth-order valence-corrected chi connectivity index (χ4v) is 2.20. The molecular weight excluding hydrogens is 328 g/mol. The van der Waals surface area contributed by atoms with Crippen LogP contribution in [0.2, 0.25) is 0 Å².